The summed E-state index contributed by atoms with van der Waals surface area (Å²) in [5.74, 6) is -4.43. The van der Waals surface area contributed by atoms with Crippen molar-refractivity contribution in [1.82, 2.24) is 4.31 Å². The van der Waals surface area contributed by atoms with Crippen molar-refractivity contribution in [1.29, 1.82) is 0 Å². The van der Waals surface area contributed by atoms with E-state index in [1.807, 2.05) is 0 Å². The summed E-state index contributed by atoms with van der Waals surface area (Å²) in [7, 11) is -4.38. The average molecular weight is 435 g/mol. The molecule has 0 radical (unpaired) electrons. The second-order valence-corrected chi connectivity index (χ2v) is 8.46. The summed E-state index contributed by atoms with van der Waals surface area (Å²) in [4.78, 5) is 11.5. The molecule has 2 aromatic carbocycles. The molecule has 28 heavy (non-hydrogen) atoms. The van der Waals surface area contributed by atoms with Crippen LogP contribution >= 0.6 is 11.6 Å². The highest BCUT2D eigenvalue weighted by Gasteiger charge is 2.34. The first-order chi connectivity index (χ1) is 13.1. The number of nitrogens with zero attached hydrogens (tertiary/aromatic N) is 1. The van der Waals surface area contributed by atoms with E-state index in [4.69, 9.17) is 11.6 Å². The summed E-state index contributed by atoms with van der Waals surface area (Å²) in [6.45, 7) is -0.259. The second-order valence-electron chi connectivity index (χ2n) is 6.15. The molecule has 0 spiro atoms. The predicted molar refractivity (Wildman–Crippen MR) is 95.1 cm³/mol. The predicted octanol–water partition coefficient (Wildman–Crippen LogP) is 2.76. The average Bonchev–Trinajstić information content (AvgIpc) is 3.05. The van der Waals surface area contributed by atoms with Crippen molar-refractivity contribution in [3.05, 3.63) is 58.4 Å². The van der Waals surface area contributed by atoms with Gasteiger partial charge in [0, 0.05) is 24.8 Å². The Hall–Kier alpha value is -2.14. The van der Waals surface area contributed by atoms with Gasteiger partial charge in [0.25, 0.3) is 5.91 Å². The van der Waals surface area contributed by atoms with Crippen LogP contribution in [0.2, 0.25) is 5.02 Å². The van der Waals surface area contributed by atoms with Crippen LogP contribution in [-0.4, -0.2) is 42.9 Å². The third kappa shape index (κ3) is 4.00. The number of amides is 1. The van der Waals surface area contributed by atoms with E-state index in [-0.39, 0.29) is 30.2 Å². The molecule has 1 fully saturated rings. The van der Waals surface area contributed by atoms with Crippen molar-refractivity contribution in [3.8, 4) is 0 Å². The Balaban J connectivity index is 1.94. The van der Waals surface area contributed by atoms with Crippen molar-refractivity contribution >= 4 is 33.2 Å². The smallest absolute Gasteiger partial charge is 0.258 e. The van der Waals surface area contributed by atoms with E-state index >= 15 is 0 Å². The summed E-state index contributed by atoms with van der Waals surface area (Å²) in [6, 6.07) is 4.12. The highest BCUT2D eigenvalue weighted by atomic mass is 35.5. The molecular weight excluding hydrogens is 421 g/mol. The molecule has 1 saturated heterocycles. The zero-order chi connectivity index (χ0) is 20.6. The van der Waals surface area contributed by atoms with Crippen molar-refractivity contribution in [3.63, 3.8) is 0 Å². The minimum absolute atomic E-state index is 0.0318. The molecule has 1 amide bonds. The maximum atomic E-state index is 14.2. The molecule has 3 rings (SSSR count). The van der Waals surface area contributed by atoms with Gasteiger partial charge in [0.1, 0.15) is 22.3 Å². The Kier molecular flexibility index (Phi) is 5.67. The molecule has 6 nitrogen and oxygen atoms in total. The highest BCUT2D eigenvalue weighted by Crippen LogP contribution is 2.27. The standard InChI is InChI=1S/C17H14ClF3N2O4S/c18-12-5-9(1-2-13(12)19)22-17(25)11-6-16(15(21)7-14(11)20)28(26,27)23-4-3-10(24)8-23/h1-2,5-7,10,24H,3-4,8H2,(H,22,25). The van der Waals surface area contributed by atoms with Gasteiger partial charge in [-0.2, -0.15) is 4.31 Å². The molecule has 1 unspecified atom stereocenters. The van der Waals surface area contributed by atoms with Crippen LogP contribution in [0.1, 0.15) is 16.8 Å². The summed E-state index contributed by atoms with van der Waals surface area (Å²) >= 11 is 5.61. The van der Waals surface area contributed by atoms with Crippen LogP contribution in [0.15, 0.2) is 35.2 Å². The van der Waals surface area contributed by atoms with Gasteiger partial charge in [0.05, 0.1) is 16.7 Å². The van der Waals surface area contributed by atoms with E-state index in [0.29, 0.717) is 12.1 Å². The van der Waals surface area contributed by atoms with Crippen LogP contribution in [0.5, 0.6) is 0 Å². The minimum atomic E-state index is -4.38. The molecule has 1 atom stereocenters. The molecule has 0 aliphatic carbocycles. The van der Waals surface area contributed by atoms with E-state index in [1.54, 1.807) is 0 Å². The quantitative estimate of drug-likeness (QED) is 0.774. The number of nitrogens with one attached hydrogen (secondary N) is 1. The van der Waals surface area contributed by atoms with Crippen LogP contribution in [-0.2, 0) is 10.0 Å². The number of hydrogen-bond acceptors (Lipinski definition) is 4. The van der Waals surface area contributed by atoms with E-state index in [0.717, 1.165) is 16.4 Å². The van der Waals surface area contributed by atoms with Crippen LogP contribution in [0.3, 0.4) is 0 Å². The third-order valence-electron chi connectivity index (χ3n) is 4.19. The molecule has 11 heteroatoms. The summed E-state index contributed by atoms with van der Waals surface area (Å²) < 4.78 is 67.5. The fourth-order valence-electron chi connectivity index (χ4n) is 2.74. The molecule has 0 aromatic heterocycles. The third-order valence-corrected chi connectivity index (χ3v) is 6.36. The maximum absolute atomic E-state index is 14.2. The molecule has 150 valence electrons. The van der Waals surface area contributed by atoms with Crippen LogP contribution < -0.4 is 5.32 Å². The van der Waals surface area contributed by atoms with Crippen LogP contribution in [0.4, 0.5) is 18.9 Å². The topological polar surface area (TPSA) is 86.7 Å². The highest BCUT2D eigenvalue weighted by molar-refractivity contribution is 7.89. The van der Waals surface area contributed by atoms with Crippen LogP contribution in [0, 0.1) is 17.5 Å². The lowest BCUT2D eigenvalue weighted by atomic mass is 10.2. The SMILES string of the molecule is O=C(Nc1ccc(F)c(Cl)c1)c1cc(S(=O)(=O)N2CCC(O)C2)c(F)cc1F. The lowest BCUT2D eigenvalue weighted by Crippen LogP contribution is -2.30. The zero-order valence-corrected chi connectivity index (χ0v) is 15.7. The molecule has 0 saturated carbocycles. The van der Waals surface area contributed by atoms with E-state index < -0.39 is 49.9 Å². The number of halogens is 4. The normalized spacial score (nSPS) is 17.7. The largest absolute Gasteiger partial charge is 0.392 e. The summed E-state index contributed by atoms with van der Waals surface area (Å²) in [5.41, 5.74) is -0.688. The van der Waals surface area contributed by atoms with Gasteiger partial charge < -0.3 is 10.4 Å². The number of aliphatic hydroxyl groups excluding tert-OH is 1. The number of aliphatic hydroxyl groups is 1. The molecule has 1 heterocycles. The van der Waals surface area contributed by atoms with Crippen LogP contribution in [0.25, 0.3) is 0 Å². The molecule has 2 N–H and O–H groups in total. The molecule has 2 aromatic rings. The van der Waals surface area contributed by atoms with Crippen molar-refractivity contribution < 1.29 is 31.5 Å². The first kappa shape index (κ1) is 20.6. The first-order valence-corrected chi connectivity index (χ1v) is 9.85. The zero-order valence-electron chi connectivity index (χ0n) is 14.1. The molecule has 1 aliphatic heterocycles. The molecule has 0 bridgehead atoms. The minimum Gasteiger partial charge on any atom is -0.392 e. The number of β-amino-alcohol motifs (C(OH)–C–C–N with tert-alkyl or cyclic N) is 1. The number of hydrogen-bond donors (Lipinski definition) is 2. The van der Waals surface area contributed by atoms with E-state index in [1.165, 1.54) is 6.07 Å². The van der Waals surface area contributed by atoms with Gasteiger partial charge in [0.15, 0.2) is 0 Å². The summed E-state index contributed by atoms with van der Waals surface area (Å²) in [6.07, 6.45) is -0.704. The monoisotopic (exact) mass is 434 g/mol. The van der Waals surface area contributed by atoms with Gasteiger partial charge in [-0.3, -0.25) is 4.79 Å². The number of rotatable bonds is 4. The summed E-state index contributed by atoms with van der Waals surface area (Å²) in [5, 5.41) is 11.5. The lowest BCUT2D eigenvalue weighted by Gasteiger charge is -2.17. The Bertz CT molecular complexity index is 1050. The van der Waals surface area contributed by atoms with E-state index in [2.05, 4.69) is 5.32 Å². The molecular formula is C17H14ClF3N2O4S. The Morgan fingerprint density at radius 3 is 2.46 bits per heavy atom. The van der Waals surface area contributed by atoms with Crippen molar-refractivity contribution in [2.75, 3.05) is 18.4 Å². The molecule has 1 aliphatic rings. The number of carbonyl (C=O) groups is 1. The Morgan fingerprint density at radius 1 is 1.14 bits per heavy atom. The van der Waals surface area contributed by atoms with Gasteiger partial charge in [0.2, 0.25) is 10.0 Å². The van der Waals surface area contributed by atoms with Gasteiger partial charge in [-0.25, -0.2) is 21.6 Å². The maximum Gasteiger partial charge on any atom is 0.258 e. The Labute approximate surface area is 163 Å². The van der Waals surface area contributed by atoms with Crippen molar-refractivity contribution in [2.24, 2.45) is 0 Å². The Morgan fingerprint density at radius 2 is 1.86 bits per heavy atom. The fraction of sp³-hybridized carbons (Fsp3) is 0.235. The van der Waals surface area contributed by atoms with Gasteiger partial charge >= 0.3 is 0 Å². The van der Waals surface area contributed by atoms with Gasteiger partial charge in [-0.1, -0.05) is 11.6 Å². The second kappa shape index (κ2) is 7.70. The number of benzene rings is 2. The number of sulfonamides is 1. The number of anilines is 1. The van der Waals surface area contributed by atoms with Gasteiger partial charge in [-0.15, -0.1) is 0 Å². The van der Waals surface area contributed by atoms with E-state index in [9.17, 15) is 31.5 Å². The number of carbonyl (C=O) groups excluding carboxylic acids is 1. The van der Waals surface area contributed by atoms with Crippen molar-refractivity contribution in [2.45, 2.75) is 17.4 Å². The lowest BCUT2D eigenvalue weighted by molar-refractivity contribution is 0.102. The van der Waals surface area contributed by atoms with Gasteiger partial charge in [-0.05, 0) is 30.7 Å². The fourth-order valence-corrected chi connectivity index (χ4v) is 4.49. The first-order valence-electron chi connectivity index (χ1n) is 8.03.